The number of nitrogens with zero attached hydrogens (tertiary/aromatic N) is 1. The van der Waals surface area contributed by atoms with Gasteiger partial charge in [-0.15, -0.1) is 0 Å². The van der Waals surface area contributed by atoms with Gasteiger partial charge in [0.15, 0.2) is 6.10 Å². The third-order valence-electron chi connectivity index (χ3n) is 4.99. The summed E-state index contributed by atoms with van der Waals surface area (Å²) in [5.41, 5.74) is 4.15. The Morgan fingerprint density at radius 3 is 2.37 bits per heavy atom. The number of hydrogen-bond donors (Lipinski definition) is 2. The zero-order chi connectivity index (χ0) is 25.2. The Labute approximate surface area is 214 Å². The number of ether oxygens (including phenoxy) is 2. The number of amides is 2. The minimum Gasteiger partial charge on any atom is -0.497 e. The van der Waals surface area contributed by atoms with Crippen molar-refractivity contribution in [3.8, 4) is 11.5 Å². The van der Waals surface area contributed by atoms with Crippen molar-refractivity contribution in [3.05, 3.63) is 94.0 Å². The van der Waals surface area contributed by atoms with E-state index in [1.807, 2.05) is 30.3 Å². The molecule has 2 amide bonds. The summed E-state index contributed by atoms with van der Waals surface area (Å²) in [6.07, 6.45) is 0.861. The maximum absolute atomic E-state index is 12.9. The van der Waals surface area contributed by atoms with Crippen molar-refractivity contribution in [2.24, 2.45) is 5.10 Å². The third-order valence-corrected chi connectivity index (χ3v) is 5.52. The molecule has 0 aliphatic carbocycles. The molecule has 0 saturated carbocycles. The highest BCUT2D eigenvalue weighted by Crippen LogP contribution is 2.28. The van der Waals surface area contributed by atoms with Crippen LogP contribution in [0, 0.1) is 0 Å². The number of hydrazone groups is 1. The summed E-state index contributed by atoms with van der Waals surface area (Å²) in [6, 6.07) is 20.4. The van der Waals surface area contributed by atoms with Gasteiger partial charge in [-0.2, -0.15) is 5.10 Å². The van der Waals surface area contributed by atoms with E-state index in [0.29, 0.717) is 16.5 Å². The lowest BCUT2D eigenvalue weighted by atomic mass is 10.1. The van der Waals surface area contributed by atoms with Gasteiger partial charge < -0.3 is 14.8 Å². The summed E-state index contributed by atoms with van der Waals surface area (Å²) in [7, 11) is 1.58. The number of halogens is 2. The van der Waals surface area contributed by atoms with Gasteiger partial charge in [0.2, 0.25) is 0 Å². The summed E-state index contributed by atoms with van der Waals surface area (Å²) >= 11 is 12.0. The standard InChI is InChI=1S/C26H25Cl2N3O4/c1-17(35-24-13-10-20(27)15-22(24)28)25(32)30-23(14-18-6-4-3-5-7-18)26(33)31-29-16-19-8-11-21(34-2)12-9-19/h3-13,15-17,23H,14H2,1-2H3,(H,30,32)(H,31,33)/b29-16-/t17-,23-/m1/s1. The fourth-order valence-corrected chi connectivity index (χ4v) is 3.55. The molecule has 0 aliphatic heterocycles. The van der Waals surface area contributed by atoms with Gasteiger partial charge in [0, 0.05) is 11.4 Å². The first-order valence-electron chi connectivity index (χ1n) is 10.8. The molecule has 0 radical (unpaired) electrons. The quantitative estimate of drug-likeness (QED) is 0.305. The largest absolute Gasteiger partial charge is 0.497 e. The highest BCUT2D eigenvalue weighted by Gasteiger charge is 2.25. The van der Waals surface area contributed by atoms with E-state index in [-0.39, 0.29) is 11.4 Å². The molecule has 0 heterocycles. The molecule has 3 rings (SSSR count). The van der Waals surface area contributed by atoms with Gasteiger partial charge in [-0.1, -0.05) is 53.5 Å². The Hall–Kier alpha value is -3.55. The second-order valence-corrected chi connectivity index (χ2v) is 8.44. The molecule has 3 aromatic rings. The van der Waals surface area contributed by atoms with Crippen molar-refractivity contribution in [1.82, 2.24) is 10.7 Å². The highest BCUT2D eigenvalue weighted by atomic mass is 35.5. The molecule has 3 aromatic carbocycles. The monoisotopic (exact) mass is 513 g/mol. The van der Waals surface area contributed by atoms with Crippen LogP contribution in [0.3, 0.4) is 0 Å². The van der Waals surface area contributed by atoms with E-state index < -0.39 is 24.0 Å². The fourth-order valence-electron chi connectivity index (χ4n) is 3.10. The molecule has 9 heteroatoms. The lowest BCUT2D eigenvalue weighted by Crippen LogP contribution is -2.50. The lowest BCUT2D eigenvalue weighted by Gasteiger charge is -2.21. The second-order valence-electron chi connectivity index (χ2n) is 7.59. The molecule has 0 aromatic heterocycles. The maximum Gasteiger partial charge on any atom is 0.262 e. The van der Waals surface area contributed by atoms with Gasteiger partial charge in [-0.3, -0.25) is 9.59 Å². The van der Waals surface area contributed by atoms with Crippen molar-refractivity contribution in [3.63, 3.8) is 0 Å². The summed E-state index contributed by atoms with van der Waals surface area (Å²) in [6.45, 7) is 1.57. The lowest BCUT2D eigenvalue weighted by molar-refractivity contribution is -0.132. The summed E-state index contributed by atoms with van der Waals surface area (Å²) in [5.74, 6) is 0.0786. The van der Waals surface area contributed by atoms with E-state index in [4.69, 9.17) is 32.7 Å². The minimum absolute atomic E-state index is 0.269. The van der Waals surface area contributed by atoms with E-state index in [9.17, 15) is 9.59 Å². The smallest absolute Gasteiger partial charge is 0.262 e. The van der Waals surface area contributed by atoms with Crippen LogP contribution in [0.2, 0.25) is 10.0 Å². The van der Waals surface area contributed by atoms with Crippen molar-refractivity contribution < 1.29 is 19.1 Å². The molecule has 182 valence electrons. The average molecular weight is 514 g/mol. The van der Waals surface area contributed by atoms with E-state index in [2.05, 4.69) is 15.8 Å². The fraction of sp³-hybridized carbons (Fsp3) is 0.192. The molecule has 2 N–H and O–H groups in total. The first-order valence-corrected chi connectivity index (χ1v) is 11.5. The number of methoxy groups -OCH3 is 1. The number of nitrogens with one attached hydrogen (secondary N) is 2. The zero-order valence-electron chi connectivity index (χ0n) is 19.2. The van der Waals surface area contributed by atoms with Gasteiger partial charge in [0.1, 0.15) is 17.5 Å². The number of benzene rings is 3. The van der Waals surface area contributed by atoms with Gasteiger partial charge in [0.05, 0.1) is 18.3 Å². The third kappa shape index (κ3) is 8.02. The molecule has 0 spiro atoms. The molecule has 0 saturated heterocycles. The van der Waals surface area contributed by atoms with Crippen LogP contribution in [0.1, 0.15) is 18.1 Å². The Bertz CT molecular complexity index is 1170. The van der Waals surface area contributed by atoms with Crippen LogP contribution in [0.15, 0.2) is 77.9 Å². The maximum atomic E-state index is 12.9. The van der Waals surface area contributed by atoms with Crippen molar-refractivity contribution in [2.75, 3.05) is 7.11 Å². The molecule has 7 nitrogen and oxygen atoms in total. The van der Waals surface area contributed by atoms with Crippen LogP contribution in [0.4, 0.5) is 0 Å². The van der Waals surface area contributed by atoms with Crippen LogP contribution < -0.4 is 20.2 Å². The normalized spacial score (nSPS) is 12.6. The summed E-state index contributed by atoms with van der Waals surface area (Å²) < 4.78 is 10.8. The first-order chi connectivity index (χ1) is 16.9. The molecule has 35 heavy (non-hydrogen) atoms. The number of hydrogen-bond acceptors (Lipinski definition) is 5. The topological polar surface area (TPSA) is 89.0 Å². The zero-order valence-corrected chi connectivity index (χ0v) is 20.7. The number of rotatable bonds is 10. The van der Waals surface area contributed by atoms with E-state index in [1.165, 1.54) is 12.3 Å². The Morgan fingerprint density at radius 1 is 1.00 bits per heavy atom. The van der Waals surface area contributed by atoms with Gasteiger partial charge in [-0.25, -0.2) is 5.43 Å². The van der Waals surface area contributed by atoms with E-state index >= 15 is 0 Å². The SMILES string of the molecule is COc1ccc(/C=N\NC(=O)[C@@H](Cc2ccccc2)NC(=O)[C@@H](C)Oc2ccc(Cl)cc2Cl)cc1. The minimum atomic E-state index is -0.914. The molecular weight excluding hydrogens is 489 g/mol. The molecule has 0 bridgehead atoms. The molecule has 0 unspecified atom stereocenters. The Kier molecular flexibility index (Phi) is 9.52. The average Bonchev–Trinajstić information content (AvgIpc) is 2.86. The second kappa shape index (κ2) is 12.8. The molecule has 0 aliphatic rings. The summed E-state index contributed by atoms with van der Waals surface area (Å²) in [5, 5.41) is 7.50. The van der Waals surface area contributed by atoms with Crippen LogP contribution in [-0.2, 0) is 16.0 Å². The molecular formula is C26H25Cl2N3O4. The van der Waals surface area contributed by atoms with Crippen LogP contribution >= 0.6 is 23.2 Å². The van der Waals surface area contributed by atoms with Gasteiger partial charge in [-0.05, 0) is 60.5 Å². The van der Waals surface area contributed by atoms with Crippen LogP contribution in [0.25, 0.3) is 0 Å². The van der Waals surface area contributed by atoms with Crippen molar-refractivity contribution in [1.29, 1.82) is 0 Å². The number of carbonyl (C=O) groups excluding carboxylic acids is 2. The number of carbonyl (C=O) groups is 2. The molecule has 2 atom stereocenters. The summed E-state index contributed by atoms with van der Waals surface area (Å²) in [4.78, 5) is 25.8. The van der Waals surface area contributed by atoms with Crippen LogP contribution in [-0.4, -0.2) is 37.3 Å². The van der Waals surface area contributed by atoms with Gasteiger partial charge >= 0.3 is 0 Å². The first kappa shape index (κ1) is 26.1. The predicted octanol–water partition coefficient (Wildman–Crippen LogP) is 4.65. The predicted molar refractivity (Wildman–Crippen MR) is 137 cm³/mol. The van der Waals surface area contributed by atoms with E-state index in [0.717, 1.165) is 11.1 Å². The van der Waals surface area contributed by atoms with Crippen molar-refractivity contribution in [2.45, 2.75) is 25.5 Å². The molecule has 0 fully saturated rings. The van der Waals surface area contributed by atoms with Gasteiger partial charge in [0.25, 0.3) is 11.8 Å². The Balaban J connectivity index is 1.67. The Morgan fingerprint density at radius 2 is 1.71 bits per heavy atom. The highest BCUT2D eigenvalue weighted by molar-refractivity contribution is 6.35. The van der Waals surface area contributed by atoms with Crippen molar-refractivity contribution >= 4 is 41.2 Å². The van der Waals surface area contributed by atoms with Crippen LogP contribution in [0.5, 0.6) is 11.5 Å². The van der Waals surface area contributed by atoms with E-state index in [1.54, 1.807) is 50.4 Å².